The molecule has 0 unspecified atom stereocenters. The van der Waals surface area contributed by atoms with E-state index in [1.54, 1.807) is 6.20 Å². The monoisotopic (exact) mass is 259 g/mol. The van der Waals surface area contributed by atoms with Crippen LogP contribution in [-0.2, 0) is 16.6 Å². The molecule has 0 spiro atoms. The number of hydrogen-bond acceptors (Lipinski definition) is 4. The second-order valence-electron chi connectivity index (χ2n) is 3.88. The van der Waals surface area contributed by atoms with Gasteiger partial charge < -0.3 is 5.32 Å². The van der Waals surface area contributed by atoms with Gasteiger partial charge in [-0.2, -0.15) is 17.8 Å². The van der Waals surface area contributed by atoms with Crippen LogP contribution in [0.15, 0.2) is 6.20 Å². The van der Waals surface area contributed by atoms with Crippen LogP contribution in [0.4, 0.5) is 5.82 Å². The lowest BCUT2D eigenvalue weighted by atomic mass is 10.3. The zero-order valence-electron chi connectivity index (χ0n) is 9.73. The predicted octanol–water partition coefficient (Wildman–Crippen LogP) is -0.466. The highest BCUT2D eigenvalue weighted by Gasteiger charge is 2.24. The number of nitrogens with zero attached hydrogens (tertiary/aromatic N) is 2. The van der Waals surface area contributed by atoms with Crippen LogP contribution in [0.1, 0.15) is 12.5 Å². The standard InChI is InChI=1S/C9H17N5O2S/c1-2-8-7-11-12-9(8)13-17(15,16)14-5-3-10-4-6-14/h7,10H,2-6H2,1H3,(H2,11,12,13). The number of anilines is 1. The van der Waals surface area contributed by atoms with Gasteiger partial charge in [0.2, 0.25) is 0 Å². The van der Waals surface area contributed by atoms with Crippen LogP contribution in [0.25, 0.3) is 0 Å². The highest BCUT2D eigenvalue weighted by Crippen LogP contribution is 2.14. The Labute approximate surface area is 101 Å². The molecule has 1 aromatic heterocycles. The topological polar surface area (TPSA) is 90.1 Å². The Bertz CT molecular complexity index is 463. The van der Waals surface area contributed by atoms with Crippen LogP contribution >= 0.6 is 0 Å². The first-order valence-corrected chi connectivity index (χ1v) is 7.08. The average Bonchev–Trinajstić information content (AvgIpc) is 2.77. The van der Waals surface area contributed by atoms with Crippen LogP contribution in [0, 0.1) is 0 Å². The van der Waals surface area contributed by atoms with Crippen molar-refractivity contribution in [1.82, 2.24) is 19.8 Å². The number of aryl methyl sites for hydroxylation is 1. The molecule has 0 aliphatic carbocycles. The third kappa shape index (κ3) is 2.76. The molecule has 0 saturated carbocycles. The van der Waals surface area contributed by atoms with Gasteiger partial charge in [-0.05, 0) is 6.42 Å². The maximum Gasteiger partial charge on any atom is 0.302 e. The van der Waals surface area contributed by atoms with Crippen molar-refractivity contribution >= 4 is 16.0 Å². The Hall–Kier alpha value is -1.12. The summed E-state index contributed by atoms with van der Waals surface area (Å²) in [7, 11) is -3.47. The summed E-state index contributed by atoms with van der Waals surface area (Å²) in [6, 6.07) is 0. The Morgan fingerprint density at radius 3 is 2.82 bits per heavy atom. The predicted molar refractivity (Wildman–Crippen MR) is 65.0 cm³/mol. The maximum atomic E-state index is 12.1. The molecule has 0 amide bonds. The summed E-state index contributed by atoms with van der Waals surface area (Å²) in [6.45, 7) is 4.30. The van der Waals surface area contributed by atoms with Crippen molar-refractivity contribution in [2.45, 2.75) is 13.3 Å². The summed E-state index contributed by atoms with van der Waals surface area (Å²) in [4.78, 5) is 0. The quantitative estimate of drug-likeness (QED) is 0.682. The Kier molecular flexibility index (Phi) is 3.65. The van der Waals surface area contributed by atoms with Crippen LogP contribution in [0.3, 0.4) is 0 Å². The zero-order valence-corrected chi connectivity index (χ0v) is 10.5. The molecule has 0 bridgehead atoms. The SMILES string of the molecule is CCc1cn[nH]c1NS(=O)(=O)N1CCNCC1. The van der Waals surface area contributed by atoms with Crippen LogP contribution in [0.5, 0.6) is 0 Å². The van der Waals surface area contributed by atoms with Gasteiger partial charge in [-0.1, -0.05) is 6.92 Å². The van der Waals surface area contributed by atoms with E-state index >= 15 is 0 Å². The Morgan fingerprint density at radius 1 is 1.47 bits per heavy atom. The summed E-state index contributed by atoms with van der Waals surface area (Å²) in [5.74, 6) is 0.464. The largest absolute Gasteiger partial charge is 0.314 e. The molecule has 1 aliphatic rings. The summed E-state index contributed by atoms with van der Waals surface area (Å²) in [6.07, 6.45) is 2.37. The molecule has 7 nitrogen and oxygen atoms in total. The lowest BCUT2D eigenvalue weighted by molar-refractivity contribution is 0.362. The minimum absolute atomic E-state index is 0.464. The zero-order chi connectivity index (χ0) is 12.3. The first-order chi connectivity index (χ1) is 8.13. The number of piperazine rings is 1. The molecule has 2 rings (SSSR count). The number of nitrogens with one attached hydrogen (secondary N) is 3. The Balaban J connectivity index is 2.11. The molecular weight excluding hydrogens is 242 g/mol. The molecule has 1 saturated heterocycles. The fourth-order valence-electron chi connectivity index (χ4n) is 1.75. The normalized spacial score (nSPS) is 18.2. The van der Waals surface area contributed by atoms with E-state index < -0.39 is 10.2 Å². The molecule has 0 atom stereocenters. The van der Waals surface area contributed by atoms with Gasteiger partial charge in [-0.25, -0.2) is 0 Å². The average molecular weight is 259 g/mol. The first kappa shape index (κ1) is 12.3. The van der Waals surface area contributed by atoms with Crippen molar-refractivity contribution in [3.05, 3.63) is 11.8 Å². The maximum absolute atomic E-state index is 12.1. The van der Waals surface area contributed by atoms with E-state index in [0.717, 1.165) is 12.0 Å². The minimum Gasteiger partial charge on any atom is -0.314 e. The lowest BCUT2D eigenvalue weighted by Crippen LogP contribution is -2.48. The van der Waals surface area contributed by atoms with Gasteiger partial charge in [0.1, 0.15) is 5.82 Å². The fourth-order valence-corrected chi connectivity index (χ4v) is 2.97. The van der Waals surface area contributed by atoms with Crippen molar-refractivity contribution in [1.29, 1.82) is 0 Å². The molecule has 1 aliphatic heterocycles. The van der Waals surface area contributed by atoms with Gasteiger partial charge in [0.05, 0.1) is 6.20 Å². The molecule has 2 heterocycles. The number of aromatic nitrogens is 2. The van der Waals surface area contributed by atoms with E-state index in [1.165, 1.54) is 4.31 Å². The van der Waals surface area contributed by atoms with Crippen molar-refractivity contribution in [3.63, 3.8) is 0 Å². The smallest absolute Gasteiger partial charge is 0.302 e. The van der Waals surface area contributed by atoms with Gasteiger partial charge in [0, 0.05) is 31.7 Å². The van der Waals surface area contributed by atoms with Gasteiger partial charge in [-0.3, -0.25) is 9.82 Å². The van der Waals surface area contributed by atoms with Crippen molar-refractivity contribution < 1.29 is 8.42 Å². The van der Waals surface area contributed by atoms with E-state index in [0.29, 0.717) is 32.0 Å². The second kappa shape index (κ2) is 5.03. The van der Waals surface area contributed by atoms with Crippen molar-refractivity contribution in [2.24, 2.45) is 0 Å². The molecule has 17 heavy (non-hydrogen) atoms. The highest BCUT2D eigenvalue weighted by atomic mass is 32.2. The highest BCUT2D eigenvalue weighted by molar-refractivity contribution is 7.90. The molecule has 0 radical (unpaired) electrons. The van der Waals surface area contributed by atoms with Crippen LogP contribution in [-0.4, -0.2) is 49.1 Å². The third-order valence-corrected chi connectivity index (χ3v) is 4.25. The van der Waals surface area contributed by atoms with E-state index in [2.05, 4.69) is 20.2 Å². The van der Waals surface area contributed by atoms with Crippen molar-refractivity contribution in [3.8, 4) is 0 Å². The minimum atomic E-state index is -3.47. The van der Waals surface area contributed by atoms with E-state index in [1.807, 2.05) is 6.92 Å². The van der Waals surface area contributed by atoms with E-state index in [9.17, 15) is 8.42 Å². The van der Waals surface area contributed by atoms with Crippen molar-refractivity contribution in [2.75, 3.05) is 30.9 Å². The van der Waals surface area contributed by atoms with Crippen LogP contribution < -0.4 is 10.0 Å². The van der Waals surface area contributed by atoms with Gasteiger partial charge in [0.25, 0.3) is 0 Å². The number of H-pyrrole nitrogens is 1. The first-order valence-electron chi connectivity index (χ1n) is 5.64. The fraction of sp³-hybridized carbons (Fsp3) is 0.667. The van der Waals surface area contributed by atoms with Gasteiger partial charge in [-0.15, -0.1) is 0 Å². The summed E-state index contributed by atoms with van der Waals surface area (Å²) < 4.78 is 28.1. The Morgan fingerprint density at radius 2 is 2.18 bits per heavy atom. The second-order valence-corrected chi connectivity index (χ2v) is 5.55. The molecule has 3 N–H and O–H groups in total. The summed E-state index contributed by atoms with van der Waals surface area (Å²) >= 11 is 0. The molecule has 1 aromatic rings. The molecule has 8 heteroatoms. The molecule has 96 valence electrons. The third-order valence-electron chi connectivity index (χ3n) is 2.75. The van der Waals surface area contributed by atoms with Gasteiger partial charge >= 0.3 is 10.2 Å². The molecule has 1 fully saturated rings. The van der Waals surface area contributed by atoms with Crippen LogP contribution in [0.2, 0.25) is 0 Å². The molecule has 0 aromatic carbocycles. The summed E-state index contributed by atoms with van der Waals surface area (Å²) in [5, 5.41) is 9.62. The number of hydrogen-bond donors (Lipinski definition) is 3. The van der Waals surface area contributed by atoms with E-state index in [-0.39, 0.29) is 0 Å². The van der Waals surface area contributed by atoms with Gasteiger partial charge in [0.15, 0.2) is 0 Å². The summed E-state index contributed by atoms with van der Waals surface area (Å²) in [5.41, 5.74) is 0.865. The number of aromatic amines is 1. The number of rotatable bonds is 4. The molecular formula is C9H17N5O2S. The van der Waals surface area contributed by atoms with E-state index in [4.69, 9.17) is 0 Å². The lowest BCUT2D eigenvalue weighted by Gasteiger charge is -2.26.